The summed E-state index contributed by atoms with van der Waals surface area (Å²) in [6, 6.07) is -0.259. The van der Waals surface area contributed by atoms with Crippen molar-refractivity contribution in [3.8, 4) is 0 Å². The van der Waals surface area contributed by atoms with Gasteiger partial charge in [0.15, 0.2) is 0 Å². The SMILES string of the molecule is CCC(CC)(OC)C(CCCC(F)(F)F)NN. The molecule has 0 fully saturated rings. The number of ether oxygens (including phenoxy) is 1. The predicted octanol–water partition coefficient (Wildman–Crippen LogP) is 2.76. The molecule has 0 aromatic carbocycles. The molecule has 0 heterocycles. The van der Waals surface area contributed by atoms with E-state index in [9.17, 15) is 13.2 Å². The molecule has 1 atom stereocenters. The third-order valence-corrected chi connectivity index (χ3v) is 3.39. The summed E-state index contributed by atoms with van der Waals surface area (Å²) in [5.74, 6) is 5.42. The average Bonchev–Trinajstić information content (AvgIpc) is 2.28. The number of nitrogens with two attached hydrogens (primary N) is 1. The molecule has 0 saturated carbocycles. The topological polar surface area (TPSA) is 47.3 Å². The smallest absolute Gasteiger partial charge is 0.377 e. The fourth-order valence-electron chi connectivity index (χ4n) is 2.18. The van der Waals surface area contributed by atoms with Crippen molar-refractivity contribution in [2.24, 2.45) is 5.84 Å². The van der Waals surface area contributed by atoms with Crippen molar-refractivity contribution in [2.45, 2.75) is 63.8 Å². The molecule has 3 nitrogen and oxygen atoms in total. The second kappa shape index (κ2) is 7.18. The molecular formula is C11H23F3N2O. The summed E-state index contributed by atoms with van der Waals surface area (Å²) in [6.07, 6.45) is -3.05. The van der Waals surface area contributed by atoms with Crippen molar-refractivity contribution >= 4 is 0 Å². The maximum atomic E-state index is 12.1. The van der Waals surface area contributed by atoms with Crippen LogP contribution in [0, 0.1) is 0 Å². The summed E-state index contributed by atoms with van der Waals surface area (Å²) in [5, 5.41) is 0. The van der Waals surface area contributed by atoms with Gasteiger partial charge in [-0.15, -0.1) is 0 Å². The van der Waals surface area contributed by atoms with Crippen molar-refractivity contribution in [3.05, 3.63) is 0 Å². The van der Waals surface area contributed by atoms with E-state index in [1.54, 1.807) is 7.11 Å². The van der Waals surface area contributed by atoms with E-state index >= 15 is 0 Å². The van der Waals surface area contributed by atoms with E-state index in [0.29, 0.717) is 19.3 Å². The van der Waals surface area contributed by atoms with Crippen molar-refractivity contribution in [2.75, 3.05) is 7.11 Å². The molecule has 0 rings (SSSR count). The van der Waals surface area contributed by atoms with Gasteiger partial charge >= 0.3 is 6.18 Å². The van der Waals surface area contributed by atoms with Gasteiger partial charge in [-0.25, -0.2) is 0 Å². The quantitative estimate of drug-likeness (QED) is 0.518. The molecule has 0 amide bonds. The fraction of sp³-hybridized carbons (Fsp3) is 1.00. The third kappa shape index (κ3) is 5.23. The first-order valence-electron chi connectivity index (χ1n) is 5.93. The Balaban J connectivity index is 4.40. The van der Waals surface area contributed by atoms with Crippen molar-refractivity contribution in [1.29, 1.82) is 0 Å². The Labute approximate surface area is 101 Å². The minimum atomic E-state index is -4.10. The van der Waals surface area contributed by atoms with Crippen LogP contribution in [0.15, 0.2) is 0 Å². The molecule has 3 N–H and O–H groups in total. The van der Waals surface area contributed by atoms with E-state index in [2.05, 4.69) is 5.43 Å². The Morgan fingerprint density at radius 1 is 1.24 bits per heavy atom. The van der Waals surface area contributed by atoms with Crippen LogP contribution in [0.25, 0.3) is 0 Å². The zero-order chi connectivity index (χ0) is 13.5. The number of nitrogens with one attached hydrogen (secondary N) is 1. The fourth-order valence-corrected chi connectivity index (χ4v) is 2.18. The summed E-state index contributed by atoms with van der Waals surface area (Å²) >= 11 is 0. The van der Waals surface area contributed by atoms with Gasteiger partial charge < -0.3 is 4.74 Å². The molecule has 0 bridgehead atoms. The number of halogens is 3. The first kappa shape index (κ1) is 16.7. The lowest BCUT2D eigenvalue weighted by molar-refractivity contribution is -0.137. The summed E-state index contributed by atoms with van der Waals surface area (Å²) in [6.45, 7) is 3.89. The van der Waals surface area contributed by atoms with Crippen LogP contribution in [-0.2, 0) is 4.74 Å². The van der Waals surface area contributed by atoms with Gasteiger partial charge in [-0.3, -0.25) is 11.3 Å². The van der Waals surface area contributed by atoms with Crippen molar-refractivity contribution in [3.63, 3.8) is 0 Å². The van der Waals surface area contributed by atoms with E-state index in [1.807, 2.05) is 13.8 Å². The molecule has 104 valence electrons. The Morgan fingerprint density at radius 3 is 2.06 bits per heavy atom. The van der Waals surface area contributed by atoms with E-state index in [4.69, 9.17) is 10.6 Å². The van der Waals surface area contributed by atoms with Crippen molar-refractivity contribution in [1.82, 2.24) is 5.43 Å². The van der Waals surface area contributed by atoms with E-state index in [0.717, 1.165) is 0 Å². The predicted molar refractivity (Wildman–Crippen MR) is 61.3 cm³/mol. The highest BCUT2D eigenvalue weighted by Gasteiger charge is 2.36. The molecule has 0 aliphatic carbocycles. The van der Waals surface area contributed by atoms with Gasteiger partial charge in [0.05, 0.1) is 11.6 Å². The number of methoxy groups -OCH3 is 1. The highest BCUT2D eigenvalue weighted by Crippen LogP contribution is 2.29. The molecular weight excluding hydrogens is 233 g/mol. The van der Waals surface area contributed by atoms with Crippen LogP contribution in [0.1, 0.15) is 46.0 Å². The monoisotopic (exact) mass is 256 g/mol. The van der Waals surface area contributed by atoms with Crippen LogP contribution in [0.3, 0.4) is 0 Å². The normalized spacial score (nSPS) is 15.0. The Morgan fingerprint density at radius 2 is 1.76 bits per heavy atom. The molecule has 6 heteroatoms. The van der Waals surface area contributed by atoms with E-state index in [-0.39, 0.29) is 12.5 Å². The van der Waals surface area contributed by atoms with Gasteiger partial charge in [0.1, 0.15) is 0 Å². The molecule has 1 unspecified atom stereocenters. The zero-order valence-corrected chi connectivity index (χ0v) is 10.7. The first-order valence-corrected chi connectivity index (χ1v) is 5.93. The van der Waals surface area contributed by atoms with Gasteiger partial charge in [0.25, 0.3) is 0 Å². The van der Waals surface area contributed by atoms with Crippen LogP contribution in [0.5, 0.6) is 0 Å². The number of hydrogen-bond acceptors (Lipinski definition) is 3. The Bertz CT molecular complexity index is 197. The van der Waals surface area contributed by atoms with Gasteiger partial charge in [-0.2, -0.15) is 13.2 Å². The van der Waals surface area contributed by atoms with Crippen LogP contribution in [-0.4, -0.2) is 24.9 Å². The summed E-state index contributed by atoms with van der Waals surface area (Å²) in [7, 11) is 1.57. The lowest BCUT2D eigenvalue weighted by Gasteiger charge is -2.38. The highest BCUT2D eigenvalue weighted by molar-refractivity contribution is 4.90. The molecule has 17 heavy (non-hydrogen) atoms. The van der Waals surface area contributed by atoms with Gasteiger partial charge in [-0.1, -0.05) is 13.8 Å². The Hall–Kier alpha value is -0.330. The molecule has 0 aromatic rings. The third-order valence-electron chi connectivity index (χ3n) is 3.39. The minimum Gasteiger partial charge on any atom is -0.377 e. The molecule has 0 radical (unpaired) electrons. The van der Waals surface area contributed by atoms with Crippen LogP contribution >= 0.6 is 0 Å². The largest absolute Gasteiger partial charge is 0.389 e. The van der Waals surface area contributed by atoms with Crippen LogP contribution in [0.4, 0.5) is 13.2 Å². The molecule has 0 saturated heterocycles. The standard InChI is InChI=1S/C11H23F3N2O/c1-4-10(5-2,17-3)9(16-15)7-6-8-11(12,13)14/h9,16H,4-8,15H2,1-3H3. The maximum Gasteiger partial charge on any atom is 0.389 e. The van der Waals surface area contributed by atoms with Gasteiger partial charge in [0, 0.05) is 13.5 Å². The minimum absolute atomic E-state index is 0.0590. The summed E-state index contributed by atoms with van der Waals surface area (Å²) in [4.78, 5) is 0. The van der Waals surface area contributed by atoms with Gasteiger partial charge in [0.2, 0.25) is 0 Å². The molecule has 0 aliphatic rings. The zero-order valence-electron chi connectivity index (χ0n) is 10.7. The number of rotatable bonds is 8. The average molecular weight is 256 g/mol. The first-order chi connectivity index (χ1) is 7.85. The van der Waals surface area contributed by atoms with E-state index < -0.39 is 18.2 Å². The highest BCUT2D eigenvalue weighted by atomic mass is 19.4. The van der Waals surface area contributed by atoms with Crippen LogP contribution in [0.2, 0.25) is 0 Å². The van der Waals surface area contributed by atoms with Gasteiger partial charge in [-0.05, 0) is 25.7 Å². The lowest BCUT2D eigenvalue weighted by atomic mass is 9.85. The number of hydrogen-bond donors (Lipinski definition) is 2. The maximum absolute atomic E-state index is 12.1. The molecule has 0 aromatic heterocycles. The lowest BCUT2D eigenvalue weighted by Crippen LogP contribution is -2.54. The van der Waals surface area contributed by atoms with E-state index in [1.165, 1.54) is 0 Å². The number of alkyl halides is 3. The molecule has 0 aliphatic heterocycles. The van der Waals surface area contributed by atoms with Crippen LogP contribution < -0.4 is 11.3 Å². The second-order valence-electron chi connectivity index (χ2n) is 4.20. The number of hydrazine groups is 1. The summed E-state index contributed by atoms with van der Waals surface area (Å²) in [5.41, 5.74) is 2.10. The summed E-state index contributed by atoms with van der Waals surface area (Å²) < 4.78 is 41.7. The second-order valence-corrected chi connectivity index (χ2v) is 4.20. The van der Waals surface area contributed by atoms with Crippen molar-refractivity contribution < 1.29 is 17.9 Å². The molecule has 0 spiro atoms. The Kier molecular flexibility index (Phi) is 7.04.